The minimum Gasteiger partial charge on any atom is -0.325 e. The molecule has 1 aliphatic carbocycles. The van der Waals surface area contributed by atoms with Gasteiger partial charge in [-0.25, -0.2) is 4.39 Å². The van der Waals surface area contributed by atoms with E-state index in [4.69, 9.17) is 5.73 Å². The predicted molar refractivity (Wildman–Crippen MR) is 34.0 cm³/mol. The zero-order valence-electron chi connectivity index (χ0n) is 4.86. The molecule has 0 saturated heterocycles. The van der Waals surface area contributed by atoms with E-state index in [1.54, 1.807) is 0 Å². The fourth-order valence-corrected chi connectivity index (χ4v) is 0.952. The van der Waals surface area contributed by atoms with Crippen LogP contribution in [-0.4, -0.2) is 11.7 Å². The molecule has 0 bridgehead atoms. The highest BCUT2D eigenvalue weighted by molar-refractivity contribution is 5.85. The van der Waals surface area contributed by atoms with Crippen LogP contribution in [-0.2, 0) is 0 Å². The number of hydrogen-bond donors (Lipinski definition) is 1. The summed E-state index contributed by atoms with van der Waals surface area (Å²) in [5.74, 6) is 0. The second-order valence-electron chi connectivity index (χ2n) is 2.66. The molecule has 1 saturated carbocycles. The maximum Gasteiger partial charge on any atom is 0.104 e. The van der Waals surface area contributed by atoms with Crippen molar-refractivity contribution < 1.29 is 4.39 Å². The molecule has 0 unspecified atom stereocenters. The van der Waals surface area contributed by atoms with E-state index in [-0.39, 0.29) is 17.9 Å². The third-order valence-corrected chi connectivity index (χ3v) is 1.38. The molecule has 50 valence electrons. The average molecular weight is 140 g/mol. The highest BCUT2D eigenvalue weighted by Crippen LogP contribution is 2.31. The first kappa shape index (κ1) is 8.18. The zero-order valence-corrected chi connectivity index (χ0v) is 5.67. The van der Waals surface area contributed by atoms with E-state index in [0.717, 1.165) is 0 Å². The Hall–Kier alpha value is 0.180. The smallest absolute Gasteiger partial charge is 0.104 e. The van der Waals surface area contributed by atoms with Gasteiger partial charge in [-0.1, -0.05) is 0 Å². The van der Waals surface area contributed by atoms with Crippen LogP contribution in [0.1, 0.15) is 19.8 Å². The molecule has 0 aromatic carbocycles. The summed E-state index contributed by atoms with van der Waals surface area (Å²) in [6, 6.07) is 0. The predicted octanol–water partition coefficient (Wildman–Crippen LogP) is 1.26. The van der Waals surface area contributed by atoms with Crippen molar-refractivity contribution in [1.82, 2.24) is 0 Å². The molecular formula is C5H11ClFN. The van der Waals surface area contributed by atoms with Gasteiger partial charge in [-0.3, -0.25) is 0 Å². The van der Waals surface area contributed by atoms with Gasteiger partial charge in [-0.2, -0.15) is 0 Å². The molecule has 1 nitrogen and oxygen atoms in total. The fourth-order valence-electron chi connectivity index (χ4n) is 0.952. The molecule has 0 heterocycles. The molecule has 0 spiro atoms. The number of rotatable bonds is 0. The Morgan fingerprint density at radius 1 is 1.62 bits per heavy atom. The largest absolute Gasteiger partial charge is 0.325 e. The number of halogens is 2. The lowest BCUT2D eigenvalue weighted by molar-refractivity contribution is 0.114. The van der Waals surface area contributed by atoms with Crippen molar-refractivity contribution in [3.8, 4) is 0 Å². The standard InChI is InChI=1S/C5H10FN.ClH/c1-5(7)2-4(6)3-5;/h4H,2-3,7H2,1H3;1H. The van der Waals surface area contributed by atoms with E-state index < -0.39 is 6.17 Å². The van der Waals surface area contributed by atoms with Crippen molar-refractivity contribution in [1.29, 1.82) is 0 Å². The van der Waals surface area contributed by atoms with Crippen LogP contribution < -0.4 is 5.73 Å². The number of hydrogen-bond acceptors (Lipinski definition) is 1. The molecule has 2 N–H and O–H groups in total. The number of alkyl halides is 1. The quantitative estimate of drug-likeness (QED) is 0.537. The molecule has 0 radical (unpaired) electrons. The molecule has 8 heavy (non-hydrogen) atoms. The van der Waals surface area contributed by atoms with Gasteiger partial charge in [0.2, 0.25) is 0 Å². The molecule has 1 fully saturated rings. The molecule has 1 rings (SSSR count). The van der Waals surface area contributed by atoms with Gasteiger partial charge in [0.1, 0.15) is 6.17 Å². The SMILES string of the molecule is CC1(N)CC(F)C1.Cl. The minimum atomic E-state index is -0.616. The van der Waals surface area contributed by atoms with Crippen LogP contribution in [0, 0.1) is 0 Å². The highest BCUT2D eigenvalue weighted by Gasteiger charge is 2.36. The van der Waals surface area contributed by atoms with E-state index in [1.807, 2.05) is 6.92 Å². The first-order chi connectivity index (χ1) is 3.10. The zero-order chi connectivity index (χ0) is 5.49. The van der Waals surface area contributed by atoms with Crippen LogP contribution in [0.15, 0.2) is 0 Å². The van der Waals surface area contributed by atoms with Gasteiger partial charge in [0.15, 0.2) is 0 Å². The Morgan fingerprint density at radius 3 is 2.00 bits per heavy atom. The fraction of sp³-hybridized carbons (Fsp3) is 1.00. The van der Waals surface area contributed by atoms with Gasteiger partial charge in [0.25, 0.3) is 0 Å². The summed E-state index contributed by atoms with van der Waals surface area (Å²) in [6.07, 6.45) is 0.481. The second-order valence-corrected chi connectivity index (χ2v) is 2.66. The van der Waals surface area contributed by atoms with Crippen molar-refractivity contribution in [2.75, 3.05) is 0 Å². The number of nitrogens with two attached hydrogens (primary N) is 1. The molecule has 1 aliphatic rings. The topological polar surface area (TPSA) is 26.0 Å². The molecule has 0 aromatic rings. The third kappa shape index (κ3) is 1.60. The summed E-state index contributed by atoms with van der Waals surface area (Å²) >= 11 is 0. The maximum atomic E-state index is 11.9. The summed E-state index contributed by atoms with van der Waals surface area (Å²) in [4.78, 5) is 0. The van der Waals surface area contributed by atoms with Crippen LogP contribution in [0.2, 0.25) is 0 Å². The Bertz CT molecular complexity index is 76.5. The van der Waals surface area contributed by atoms with Gasteiger partial charge < -0.3 is 5.73 Å². The lowest BCUT2D eigenvalue weighted by atomic mass is 9.78. The van der Waals surface area contributed by atoms with Crippen LogP contribution >= 0.6 is 12.4 Å². The van der Waals surface area contributed by atoms with E-state index in [0.29, 0.717) is 12.8 Å². The summed E-state index contributed by atoms with van der Waals surface area (Å²) in [7, 11) is 0. The maximum absolute atomic E-state index is 11.9. The molecule has 3 heteroatoms. The van der Waals surface area contributed by atoms with Crippen LogP contribution in [0.3, 0.4) is 0 Å². The third-order valence-electron chi connectivity index (χ3n) is 1.38. The van der Waals surface area contributed by atoms with Gasteiger partial charge in [0.05, 0.1) is 0 Å². The Morgan fingerprint density at radius 2 is 2.00 bits per heavy atom. The van der Waals surface area contributed by atoms with Crippen molar-refractivity contribution in [3.63, 3.8) is 0 Å². The van der Waals surface area contributed by atoms with E-state index in [2.05, 4.69) is 0 Å². The van der Waals surface area contributed by atoms with E-state index in [1.165, 1.54) is 0 Å². The van der Waals surface area contributed by atoms with Crippen LogP contribution in [0.25, 0.3) is 0 Å². The van der Waals surface area contributed by atoms with E-state index in [9.17, 15) is 4.39 Å². The Kier molecular flexibility index (Phi) is 2.24. The Balaban J connectivity index is 0.000000490. The van der Waals surface area contributed by atoms with Crippen molar-refractivity contribution >= 4 is 12.4 Å². The van der Waals surface area contributed by atoms with Gasteiger partial charge in [0, 0.05) is 5.54 Å². The molecule has 0 aliphatic heterocycles. The van der Waals surface area contributed by atoms with Gasteiger partial charge >= 0.3 is 0 Å². The lowest BCUT2D eigenvalue weighted by Crippen LogP contribution is -2.50. The van der Waals surface area contributed by atoms with Crippen molar-refractivity contribution in [2.45, 2.75) is 31.5 Å². The molecule has 0 aromatic heterocycles. The van der Waals surface area contributed by atoms with Crippen LogP contribution in [0.5, 0.6) is 0 Å². The van der Waals surface area contributed by atoms with Crippen molar-refractivity contribution in [2.24, 2.45) is 5.73 Å². The first-order valence-electron chi connectivity index (χ1n) is 2.53. The summed E-state index contributed by atoms with van der Waals surface area (Å²) in [6.45, 7) is 1.88. The first-order valence-corrected chi connectivity index (χ1v) is 2.53. The lowest BCUT2D eigenvalue weighted by Gasteiger charge is -2.37. The molecule has 0 amide bonds. The molecule has 0 atom stereocenters. The van der Waals surface area contributed by atoms with Crippen LogP contribution in [0.4, 0.5) is 4.39 Å². The minimum absolute atomic E-state index is 0. The van der Waals surface area contributed by atoms with Gasteiger partial charge in [-0.05, 0) is 19.8 Å². The summed E-state index contributed by atoms with van der Waals surface area (Å²) in [5.41, 5.74) is 5.29. The van der Waals surface area contributed by atoms with Crippen molar-refractivity contribution in [3.05, 3.63) is 0 Å². The van der Waals surface area contributed by atoms with E-state index >= 15 is 0 Å². The van der Waals surface area contributed by atoms with Gasteiger partial charge in [-0.15, -0.1) is 12.4 Å². The second kappa shape index (κ2) is 2.19. The highest BCUT2D eigenvalue weighted by atomic mass is 35.5. The average Bonchev–Trinajstić information content (AvgIpc) is 1.27. The monoisotopic (exact) mass is 139 g/mol. The summed E-state index contributed by atoms with van der Waals surface area (Å²) in [5, 5.41) is 0. The summed E-state index contributed by atoms with van der Waals surface area (Å²) < 4.78 is 11.9. The molecular weight excluding hydrogens is 129 g/mol. The Labute approximate surface area is 54.9 Å². The normalized spacial score (nSPS) is 44.6.